The van der Waals surface area contributed by atoms with Gasteiger partial charge < -0.3 is 10.2 Å². The molecule has 0 saturated heterocycles. The zero-order chi connectivity index (χ0) is 21.5. The van der Waals surface area contributed by atoms with Crippen LogP contribution >= 0.6 is 0 Å². The molecule has 0 fully saturated rings. The van der Waals surface area contributed by atoms with E-state index in [4.69, 9.17) is 0 Å². The number of hydrazone groups is 1. The summed E-state index contributed by atoms with van der Waals surface area (Å²) in [6.45, 7) is 1.93. The van der Waals surface area contributed by atoms with Crippen LogP contribution in [0.1, 0.15) is 31.8 Å². The number of benzene rings is 3. The maximum atomic E-state index is 12.4. The number of nitrogens with zero attached hydrogens (tertiary/aromatic N) is 2. The van der Waals surface area contributed by atoms with Gasteiger partial charge in [-0.05, 0) is 55.0 Å². The van der Waals surface area contributed by atoms with Crippen LogP contribution in [0.4, 0.5) is 11.4 Å². The molecule has 30 heavy (non-hydrogen) atoms. The molecule has 0 radical (unpaired) electrons. The van der Waals surface area contributed by atoms with Crippen LogP contribution in [0, 0.1) is 6.92 Å². The van der Waals surface area contributed by atoms with Gasteiger partial charge in [-0.25, -0.2) is 5.43 Å². The molecule has 3 aromatic rings. The highest BCUT2D eigenvalue weighted by Gasteiger charge is 2.09. The van der Waals surface area contributed by atoms with Crippen LogP contribution in [0.2, 0.25) is 0 Å². The number of anilines is 2. The molecule has 2 amide bonds. The number of aryl methyl sites for hydroxylation is 1. The minimum atomic E-state index is -0.359. The van der Waals surface area contributed by atoms with Gasteiger partial charge in [-0.15, -0.1) is 0 Å². The first kappa shape index (κ1) is 20.8. The Hall–Kier alpha value is -3.93. The number of nitrogens with one attached hydrogen (secondary N) is 2. The number of rotatable bonds is 6. The zero-order valence-corrected chi connectivity index (χ0v) is 17.2. The first-order valence-electron chi connectivity index (χ1n) is 9.51. The largest absolute Gasteiger partial charge is 0.378 e. The van der Waals surface area contributed by atoms with Crippen molar-refractivity contribution in [1.82, 2.24) is 5.43 Å². The third-order valence-electron chi connectivity index (χ3n) is 4.45. The Bertz CT molecular complexity index is 1070. The van der Waals surface area contributed by atoms with Crippen LogP contribution in [0.5, 0.6) is 0 Å². The summed E-state index contributed by atoms with van der Waals surface area (Å²) in [6.07, 6.45) is 1.58. The Morgan fingerprint density at radius 2 is 1.53 bits per heavy atom. The van der Waals surface area contributed by atoms with E-state index in [1.54, 1.807) is 36.5 Å². The van der Waals surface area contributed by atoms with E-state index in [9.17, 15) is 9.59 Å². The normalized spacial score (nSPS) is 10.6. The summed E-state index contributed by atoms with van der Waals surface area (Å²) in [5, 5.41) is 6.83. The monoisotopic (exact) mass is 400 g/mol. The van der Waals surface area contributed by atoms with Crippen molar-refractivity contribution >= 4 is 29.4 Å². The molecule has 0 aromatic heterocycles. The molecule has 2 N–H and O–H groups in total. The van der Waals surface area contributed by atoms with Gasteiger partial charge in [0.1, 0.15) is 0 Å². The molecule has 152 valence electrons. The average Bonchev–Trinajstić information content (AvgIpc) is 2.74. The van der Waals surface area contributed by atoms with E-state index in [2.05, 4.69) is 15.8 Å². The first-order valence-corrected chi connectivity index (χ1v) is 9.51. The van der Waals surface area contributed by atoms with E-state index in [0.29, 0.717) is 16.8 Å². The fourth-order valence-corrected chi connectivity index (χ4v) is 2.82. The summed E-state index contributed by atoms with van der Waals surface area (Å²) in [5.41, 5.74) is 6.98. The van der Waals surface area contributed by atoms with Gasteiger partial charge >= 0.3 is 0 Å². The van der Waals surface area contributed by atoms with Crippen molar-refractivity contribution < 1.29 is 9.59 Å². The van der Waals surface area contributed by atoms with Gasteiger partial charge in [0.15, 0.2) is 0 Å². The second-order valence-electron chi connectivity index (χ2n) is 7.09. The van der Waals surface area contributed by atoms with Gasteiger partial charge in [-0.3, -0.25) is 9.59 Å². The zero-order valence-electron chi connectivity index (χ0n) is 17.2. The maximum absolute atomic E-state index is 12.4. The van der Waals surface area contributed by atoms with Crippen molar-refractivity contribution in [3.63, 3.8) is 0 Å². The Labute approximate surface area is 176 Å². The highest BCUT2D eigenvalue weighted by atomic mass is 16.2. The molecule has 0 atom stereocenters. The number of amides is 2. The molecule has 0 bridgehead atoms. The standard InChI is InChI=1S/C24H24N4O2/c1-17-6-4-7-19(14-17)23(29)26-21-9-5-8-20(15-21)24(30)27-25-16-18-10-12-22(13-11-18)28(2)3/h4-16H,1-3H3,(H,26,29)(H,27,30). The fourth-order valence-electron chi connectivity index (χ4n) is 2.82. The second-order valence-corrected chi connectivity index (χ2v) is 7.09. The van der Waals surface area contributed by atoms with E-state index in [0.717, 1.165) is 16.8 Å². The number of hydrogen-bond acceptors (Lipinski definition) is 4. The molecule has 3 aromatic carbocycles. The Kier molecular flexibility index (Phi) is 6.60. The highest BCUT2D eigenvalue weighted by molar-refractivity contribution is 6.05. The summed E-state index contributed by atoms with van der Waals surface area (Å²) in [4.78, 5) is 26.8. The Balaban J connectivity index is 1.62. The number of carbonyl (C=O) groups is 2. The molecule has 0 spiro atoms. The minimum absolute atomic E-state index is 0.226. The van der Waals surface area contributed by atoms with Crippen molar-refractivity contribution in [2.24, 2.45) is 5.10 Å². The van der Waals surface area contributed by atoms with E-state index < -0.39 is 0 Å². The van der Waals surface area contributed by atoms with Crippen LogP contribution in [0.15, 0.2) is 77.9 Å². The molecular formula is C24H24N4O2. The molecule has 0 aliphatic rings. The van der Waals surface area contributed by atoms with Crippen LogP contribution < -0.4 is 15.6 Å². The Morgan fingerprint density at radius 3 is 2.20 bits per heavy atom. The van der Waals surface area contributed by atoms with Crippen molar-refractivity contribution in [2.45, 2.75) is 6.92 Å². The predicted octanol–water partition coefficient (Wildman–Crippen LogP) is 4.08. The van der Waals surface area contributed by atoms with Crippen molar-refractivity contribution in [1.29, 1.82) is 0 Å². The SMILES string of the molecule is Cc1cccc(C(=O)Nc2cccc(C(=O)NN=Cc3ccc(N(C)C)cc3)c2)c1. The lowest BCUT2D eigenvalue weighted by Gasteiger charge is -2.11. The van der Waals surface area contributed by atoms with Gasteiger partial charge in [0.05, 0.1) is 6.21 Å². The van der Waals surface area contributed by atoms with Crippen LogP contribution in [-0.2, 0) is 0 Å². The summed E-state index contributed by atoms with van der Waals surface area (Å²) >= 11 is 0. The molecule has 6 heteroatoms. The molecule has 6 nitrogen and oxygen atoms in total. The molecule has 3 rings (SSSR count). The Morgan fingerprint density at radius 1 is 0.867 bits per heavy atom. The minimum Gasteiger partial charge on any atom is -0.378 e. The van der Waals surface area contributed by atoms with Gasteiger partial charge in [0, 0.05) is 36.6 Å². The predicted molar refractivity (Wildman–Crippen MR) is 121 cm³/mol. The second kappa shape index (κ2) is 9.52. The third kappa shape index (κ3) is 5.54. The average molecular weight is 400 g/mol. The fraction of sp³-hybridized carbons (Fsp3) is 0.125. The lowest BCUT2D eigenvalue weighted by molar-refractivity contribution is 0.0953. The molecule has 0 heterocycles. The summed E-state index contributed by atoms with van der Waals surface area (Å²) in [7, 11) is 3.95. The van der Waals surface area contributed by atoms with Crippen LogP contribution in [0.3, 0.4) is 0 Å². The molecule has 0 saturated carbocycles. The summed E-state index contributed by atoms with van der Waals surface area (Å²) < 4.78 is 0. The van der Waals surface area contributed by atoms with Crippen LogP contribution in [0.25, 0.3) is 0 Å². The molecular weight excluding hydrogens is 376 g/mol. The lowest BCUT2D eigenvalue weighted by Crippen LogP contribution is -2.18. The van der Waals surface area contributed by atoms with Crippen molar-refractivity contribution in [3.05, 3.63) is 95.1 Å². The van der Waals surface area contributed by atoms with Crippen molar-refractivity contribution in [3.8, 4) is 0 Å². The number of carbonyl (C=O) groups excluding carboxylic acids is 2. The highest BCUT2D eigenvalue weighted by Crippen LogP contribution is 2.14. The van der Waals surface area contributed by atoms with E-state index >= 15 is 0 Å². The van der Waals surface area contributed by atoms with Gasteiger partial charge in [-0.1, -0.05) is 35.9 Å². The first-order chi connectivity index (χ1) is 14.4. The number of hydrogen-bond donors (Lipinski definition) is 2. The van der Waals surface area contributed by atoms with E-state index in [1.165, 1.54) is 0 Å². The summed E-state index contributed by atoms with van der Waals surface area (Å²) in [5.74, 6) is -0.585. The van der Waals surface area contributed by atoms with Crippen LogP contribution in [-0.4, -0.2) is 32.1 Å². The van der Waals surface area contributed by atoms with E-state index in [-0.39, 0.29) is 11.8 Å². The van der Waals surface area contributed by atoms with Crippen molar-refractivity contribution in [2.75, 3.05) is 24.3 Å². The topological polar surface area (TPSA) is 73.8 Å². The quantitative estimate of drug-likeness (QED) is 0.484. The molecule has 0 unspecified atom stereocenters. The molecule has 0 aliphatic heterocycles. The molecule has 0 aliphatic carbocycles. The smallest absolute Gasteiger partial charge is 0.271 e. The lowest BCUT2D eigenvalue weighted by atomic mass is 10.1. The summed E-state index contributed by atoms with van der Waals surface area (Å²) in [6, 6.07) is 21.9. The van der Waals surface area contributed by atoms with Gasteiger partial charge in [-0.2, -0.15) is 5.10 Å². The van der Waals surface area contributed by atoms with Gasteiger partial charge in [0.25, 0.3) is 11.8 Å². The third-order valence-corrected chi connectivity index (χ3v) is 4.45. The maximum Gasteiger partial charge on any atom is 0.271 e. The van der Waals surface area contributed by atoms with E-state index in [1.807, 2.05) is 68.4 Å². The van der Waals surface area contributed by atoms with Gasteiger partial charge in [0.2, 0.25) is 0 Å².